The largest absolute Gasteiger partial charge is 0.366 e. The van der Waals surface area contributed by atoms with Crippen molar-refractivity contribution < 1.29 is 9.18 Å². The highest BCUT2D eigenvalue weighted by molar-refractivity contribution is 6.05. The van der Waals surface area contributed by atoms with Crippen molar-refractivity contribution in [3.8, 4) is 0 Å². The number of hydrogen-bond donors (Lipinski definition) is 2. The van der Waals surface area contributed by atoms with Crippen LogP contribution in [0.3, 0.4) is 0 Å². The maximum Gasteiger partial charge on any atom is 0.251 e. The molecule has 0 saturated carbocycles. The fourth-order valence-corrected chi connectivity index (χ4v) is 3.98. The van der Waals surface area contributed by atoms with Gasteiger partial charge < -0.3 is 15.6 Å². The van der Waals surface area contributed by atoms with Crippen molar-refractivity contribution in [1.82, 2.24) is 19.5 Å². The number of primary amides is 1. The van der Waals surface area contributed by atoms with Crippen molar-refractivity contribution in [2.45, 2.75) is 32.1 Å². The van der Waals surface area contributed by atoms with E-state index in [1.165, 1.54) is 12.1 Å². The van der Waals surface area contributed by atoms with Gasteiger partial charge in [0.2, 0.25) is 0 Å². The molecular weight excluding hydrogens is 321 g/mol. The van der Waals surface area contributed by atoms with E-state index in [0.29, 0.717) is 17.0 Å². The fourth-order valence-electron chi connectivity index (χ4n) is 3.98. The molecule has 0 spiro atoms. The van der Waals surface area contributed by atoms with Crippen LogP contribution >= 0.6 is 0 Å². The summed E-state index contributed by atoms with van der Waals surface area (Å²) in [7, 11) is 0. The summed E-state index contributed by atoms with van der Waals surface area (Å²) in [5.74, 6) is -0.736. The average Bonchev–Trinajstić information content (AvgIpc) is 3.04. The number of imidazole rings is 1. The molecule has 0 radical (unpaired) electrons. The zero-order chi connectivity index (χ0) is 17.6. The Bertz CT molecular complexity index is 944. The molecule has 2 aromatic heterocycles. The van der Waals surface area contributed by atoms with Crippen molar-refractivity contribution >= 4 is 22.6 Å². The lowest BCUT2D eigenvalue weighted by atomic mass is 9.94. The van der Waals surface area contributed by atoms with E-state index in [1.807, 2.05) is 6.20 Å². The lowest BCUT2D eigenvalue weighted by molar-refractivity contribution is 0.100. The van der Waals surface area contributed by atoms with Gasteiger partial charge >= 0.3 is 0 Å². The van der Waals surface area contributed by atoms with Gasteiger partial charge in [-0.3, -0.25) is 4.79 Å². The monoisotopic (exact) mass is 343 g/mol. The Balaban J connectivity index is 1.82. The van der Waals surface area contributed by atoms with Gasteiger partial charge in [-0.15, -0.1) is 0 Å². The number of likely N-dealkylation sites (tertiary alicyclic amines) is 1. The van der Waals surface area contributed by atoms with Gasteiger partial charge in [-0.05, 0) is 56.9 Å². The van der Waals surface area contributed by atoms with Crippen LogP contribution in [0.1, 0.15) is 48.0 Å². The molecular formula is C18H22FN5O. The topological polar surface area (TPSA) is 79.4 Å². The van der Waals surface area contributed by atoms with Crippen LogP contribution in [0.4, 0.5) is 4.39 Å². The first-order valence-corrected chi connectivity index (χ1v) is 8.79. The molecule has 1 unspecified atom stereocenters. The number of rotatable bonds is 3. The first-order chi connectivity index (χ1) is 12.1. The predicted molar refractivity (Wildman–Crippen MR) is 94.2 cm³/mol. The Morgan fingerprint density at radius 3 is 3.00 bits per heavy atom. The molecule has 1 atom stereocenters. The van der Waals surface area contributed by atoms with E-state index in [2.05, 4.69) is 21.9 Å². The summed E-state index contributed by atoms with van der Waals surface area (Å²) in [6.07, 6.45) is 5.19. The van der Waals surface area contributed by atoms with Crippen LogP contribution in [0, 0.1) is 5.82 Å². The Morgan fingerprint density at radius 2 is 2.24 bits per heavy atom. The summed E-state index contributed by atoms with van der Waals surface area (Å²) >= 11 is 0. The summed E-state index contributed by atoms with van der Waals surface area (Å²) < 4.78 is 15.5. The third kappa shape index (κ3) is 2.68. The van der Waals surface area contributed by atoms with Gasteiger partial charge in [0.15, 0.2) is 0 Å². The number of hydrogen-bond acceptors (Lipinski definition) is 3. The molecule has 4 rings (SSSR count). The number of nitrogens with two attached hydrogens (primary N) is 1. The van der Waals surface area contributed by atoms with Crippen LogP contribution in [0.25, 0.3) is 16.7 Å². The van der Waals surface area contributed by atoms with Crippen LogP contribution in [0.5, 0.6) is 0 Å². The van der Waals surface area contributed by atoms with E-state index < -0.39 is 11.7 Å². The number of aromatic amines is 1. The first-order valence-electron chi connectivity index (χ1n) is 8.79. The van der Waals surface area contributed by atoms with Gasteiger partial charge in [0, 0.05) is 5.56 Å². The maximum atomic E-state index is 13.8. The summed E-state index contributed by atoms with van der Waals surface area (Å²) in [5, 5.41) is 4.47. The van der Waals surface area contributed by atoms with E-state index in [4.69, 9.17) is 5.73 Å². The third-order valence-electron chi connectivity index (χ3n) is 5.31. The molecule has 0 bridgehead atoms. The van der Waals surface area contributed by atoms with Crippen molar-refractivity contribution in [3.63, 3.8) is 0 Å². The first kappa shape index (κ1) is 16.1. The number of fused-ring (bicyclic) bond motifs is 3. The molecule has 25 heavy (non-hydrogen) atoms. The van der Waals surface area contributed by atoms with Crippen LogP contribution in [0.2, 0.25) is 0 Å². The zero-order valence-electron chi connectivity index (χ0n) is 14.3. The second-order valence-electron chi connectivity index (χ2n) is 6.76. The Morgan fingerprint density at radius 1 is 1.40 bits per heavy atom. The highest BCUT2D eigenvalue weighted by Gasteiger charge is 2.24. The minimum absolute atomic E-state index is 0.147. The molecule has 132 valence electrons. The normalized spacial score (nSPS) is 19.5. The number of carbonyl (C=O) groups excluding carboxylic acids is 1. The maximum absolute atomic E-state index is 13.8. The molecule has 3 N–H and O–H groups in total. The predicted octanol–water partition coefficient (Wildman–Crippen LogP) is 2.64. The number of amides is 1. The number of benzene rings is 1. The van der Waals surface area contributed by atoms with Crippen molar-refractivity contribution in [2.24, 2.45) is 5.73 Å². The molecule has 0 aliphatic carbocycles. The number of nitrogens with zero attached hydrogens (tertiary/aromatic N) is 3. The number of nitrogens with one attached hydrogen (secondary N) is 1. The molecule has 3 heterocycles. The second kappa shape index (κ2) is 6.15. The summed E-state index contributed by atoms with van der Waals surface area (Å²) in [6.45, 7) is 5.46. The Kier molecular flexibility index (Phi) is 3.95. The number of carbonyl (C=O) groups is 1. The summed E-state index contributed by atoms with van der Waals surface area (Å²) in [4.78, 5) is 17.4. The summed E-state index contributed by atoms with van der Waals surface area (Å²) in [5.41, 5.74) is 8.63. The Hall–Kier alpha value is -2.41. The van der Waals surface area contributed by atoms with E-state index in [1.54, 1.807) is 4.52 Å². The molecule has 1 fully saturated rings. The molecule has 1 aliphatic heterocycles. The lowest BCUT2D eigenvalue weighted by Crippen LogP contribution is -2.24. The van der Waals surface area contributed by atoms with Crippen molar-refractivity contribution in [1.29, 1.82) is 0 Å². The lowest BCUT2D eigenvalue weighted by Gasteiger charge is -2.17. The number of aromatic nitrogens is 3. The molecule has 1 saturated heterocycles. The molecule has 3 aromatic rings. The highest BCUT2D eigenvalue weighted by Crippen LogP contribution is 2.32. The third-order valence-corrected chi connectivity index (χ3v) is 5.31. The van der Waals surface area contributed by atoms with E-state index in [0.717, 1.165) is 50.1 Å². The van der Waals surface area contributed by atoms with Crippen LogP contribution in [0.15, 0.2) is 18.3 Å². The van der Waals surface area contributed by atoms with E-state index in [9.17, 15) is 9.18 Å². The standard InChI is InChI=1S/C18H22FN5O/c1-2-23-6-3-4-11(5-7-23)14-10-21-24-16-13(17(20)25)8-12(19)9-15(16)22-18(14)24/h8-11,22H,2-7H2,1H3,(H2,20,25). The number of H-pyrrole nitrogens is 1. The van der Waals surface area contributed by atoms with Crippen molar-refractivity contribution in [3.05, 3.63) is 35.3 Å². The van der Waals surface area contributed by atoms with Crippen LogP contribution in [-0.4, -0.2) is 45.0 Å². The zero-order valence-corrected chi connectivity index (χ0v) is 14.3. The minimum atomic E-state index is -0.657. The average molecular weight is 343 g/mol. The van der Waals surface area contributed by atoms with Crippen molar-refractivity contribution in [2.75, 3.05) is 19.6 Å². The molecule has 1 amide bonds. The quantitative estimate of drug-likeness (QED) is 0.767. The minimum Gasteiger partial charge on any atom is -0.366 e. The van der Waals surface area contributed by atoms with E-state index >= 15 is 0 Å². The van der Waals surface area contributed by atoms with Gasteiger partial charge in [0.1, 0.15) is 17.0 Å². The van der Waals surface area contributed by atoms with Gasteiger partial charge in [0.25, 0.3) is 5.91 Å². The van der Waals surface area contributed by atoms with Gasteiger partial charge in [-0.1, -0.05) is 6.92 Å². The van der Waals surface area contributed by atoms with Crippen LogP contribution in [-0.2, 0) is 0 Å². The molecule has 7 heteroatoms. The van der Waals surface area contributed by atoms with Gasteiger partial charge in [-0.25, -0.2) is 8.91 Å². The Labute approximate surface area is 144 Å². The number of halogens is 1. The highest BCUT2D eigenvalue weighted by atomic mass is 19.1. The van der Waals surface area contributed by atoms with Crippen LogP contribution < -0.4 is 5.73 Å². The van der Waals surface area contributed by atoms with Gasteiger partial charge in [0.05, 0.1) is 17.3 Å². The SMILES string of the molecule is CCN1CCCC(c2cnn3c2[nH]c2cc(F)cc(C(N)=O)c23)CC1. The molecule has 1 aliphatic rings. The summed E-state index contributed by atoms with van der Waals surface area (Å²) in [6, 6.07) is 2.55. The van der Waals surface area contributed by atoms with Gasteiger partial charge in [-0.2, -0.15) is 5.10 Å². The smallest absolute Gasteiger partial charge is 0.251 e. The molecule has 6 nitrogen and oxygen atoms in total. The van der Waals surface area contributed by atoms with E-state index in [-0.39, 0.29) is 5.56 Å². The second-order valence-corrected chi connectivity index (χ2v) is 6.76. The molecule has 1 aromatic carbocycles. The fraction of sp³-hybridized carbons (Fsp3) is 0.444.